The molecule has 5 nitrogen and oxygen atoms in total. The van der Waals surface area contributed by atoms with E-state index >= 15 is 0 Å². The van der Waals surface area contributed by atoms with Crippen molar-refractivity contribution >= 4 is 34.1 Å². The van der Waals surface area contributed by atoms with E-state index in [-0.39, 0.29) is 0 Å². The molecule has 0 bridgehead atoms. The molecule has 0 radical (unpaired) electrons. The molecule has 1 aliphatic heterocycles. The lowest BCUT2D eigenvalue weighted by Gasteiger charge is -2.36. The normalized spacial score (nSPS) is 15.5. The Balaban J connectivity index is 1.54. The Morgan fingerprint density at radius 1 is 0.955 bits per heavy atom. The third kappa shape index (κ3) is 2.27. The van der Waals surface area contributed by atoms with Crippen LogP contribution in [0.1, 0.15) is 0 Å². The zero-order valence-electron chi connectivity index (χ0n) is 11.9. The molecule has 1 aromatic carbocycles. The van der Waals surface area contributed by atoms with Crippen LogP contribution in [0.3, 0.4) is 0 Å². The molecule has 0 atom stereocenters. The van der Waals surface area contributed by atoms with Gasteiger partial charge in [-0.2, -0.15) is 0 Å². The third-order valence-corrected chi connectivity index (χ3v) is 4.31. The molecule has 2 aromatic heterocycles. The molecule has 6 heteroatoms. The molecule has 0 amide bonds. The lowest BCUT2D eigenvalue weighted by Crippen LogP contribution is -2.46. The molecule has 0 N–H and O–H groups in total. The van der Waals surface area contributed by atoms with E-state index in [4.69, 9.17) is 16.1 Å². The fourth-order valence-electron chi connectivity index (χ4n) is 2.87. The van der Waals surface area contributed by atoms with Gasteiger partial charge >= 0.3 is 0 Å². The van der Waals surface area contributed by atoms with Crippen molar-refractivity contribution in [3.63, 3.8) is 0 Å². The molecule has 0 spiro atoms. The maximum Gasteiger partial charge on any atom is 0.180 e. The molecule has 4 rings (SSSR count). The average molecular weight is 315 g/mol. The smallest absolute Gasteiger partial charge is 0.180 e. The van der Waals surface area contributed by atoms with Crippen LogP contribution in [-0.4, -0.2) is 36.3 Å². The summed E-state index contributed by atoms with van der Waals surface area (Å²) in [7, 11) is 0. The number of piperazine rings is 1. The number of hydrogen-bond donors (Lipinski definition) is 0. The number of rotatable bonds is 2. The lowest BCUT2D eigenvalue weighted by atomic mass is 10.2. The summed E-state index contributed by atoms with van der Waals surface area (Å²) < 4.78 is 5.40. The predicted octanol–water partition coefficient (Wildman–Crippen LogP) is 3.20. The fraction of sp³-hybridized carbons (Fsp3) is 0.250. The number of anilines is 2. The van der Waals surface area contributed by atoms with E-state index in [0.29, 0.717) is 5.15 Å². The first-order valence-corrected chi connectivity index (χ1v) is 7.65. The van der Waals surface area contributed by atoms with Crippen molar-refractivity contribution in [2.45, 2.75) is 0 Å². The van der Waals surface area contributed by atoms with Gasteiger partial charge in [0.15, 0.2) is 16.6 Å². The Labute approximate surface area is 133 Å². The minimum Gasteiger partial charge on any atom is -0.365 e. The predicted molar refractivity (Wildman–Crippen MR) is 87.7 cm³/mol. The maximum atomic E-state index is 6.18. The zero-order valence-corrected chi connectivity index (χ0v) is 12.7. The number of hydrogen-bond acceptors (Lipinski definition) is 5. The Kier molecular flexibility index (Phi) is 3.35. The molecule has 1 aliphatic rings. The summed E-state index contributed by atoms with van der Waals surface area (Å²) in [6.45, 7) is 3.52. The van der Waals surface area contributed by atoms with Crippen LogP contribution < -0.4 is 9.80 Å². The van der Waals surface area contributed by atoms with Gasteiger partial charge in [-0.3, -0.25) is 0 Å². The van der Waals surface area contributed by atoms with Crippen molar-refractivity contribution in [3.8, 4) is 0 Å². The molecule has 1 saturated heterocycles. The van der Waals surface area contributed by atoms with Crippen molar-refractivity contribution < 1.29 is 4.52 Å². The van der Waals surface area contributed by atoms with Gasteiger partial charge in [0, 0.05) is 32.4 Å². The second-order valence-corrected chi connectivity index (χ2v) is 5.65. The van der Waals surface area contributed by atoms with Crippen LogP contribution in [0.5, 0.6) is 0 Å². The molecule has 1 fully saturated rings. The summed E-state index contributed by atoms with van der Waals surface area (Å²) >= 11 is 6.18. The number of benzene rings is 1. The molecule has 0 aliphatic carbocycles. The number of nitrogens with zero attached hydrogens (tertiary/aromatic N) is 4. The van der Waals surface area contributed by atoms with Gasteiger partial charge in [-0.05, 0) is 24.3 Å². The highest BCUT2D eigenvalue weighted by Gasteiger charge is 2.22. The summed E-state index contributed by atoms with van der Waals surface area (Å²) in [6.07, 6.45) is 1.71. The van der Waals surface area contributed by atoms with Crippen molar-refractivity contribution in [1.29, 1.82) is 0 Å². The molecule has 0 unspecified atom stereocenters. The second-order valence-electron chi connectivity index (χ2n) is 5.29. The molecule has 3 heterocycles. The standard InChI is InChI=1S/C16H15ClN4O/c17-15-13(5-3-7-18-15)20-8-10-21(11-9-20)16-12-4-1-2-6-14(12)22-19-16/h1-7H,8-11H2. The van der Waals surface area contributed by atoms with Crippen LogP contribution in [0, 0.1) is 0 Å². The molecule has 22 heavy (non-hydrogen) atoms. The average Bonchev–Trinajstić information content (AvgIpc) is 3.00. The van der Waals surface area contributed by atoms with Crippen LogP contribution in [0.25, 0.3) is 11.0 Å². The Bertz CT molecular complexity index is 795. The third-order valence-electron chi connectivity index (χ3n) is 4.02. The van der Waals surface area contributed by atoms with Crippen LogP contribution in [0.2, 0.25) is 5.15 Å². The minimum atomic E-state index is 0.558. The lowest BCUT2D eigenvalue weighted by molar-refractivity contribution is 0.453. The highest BCUT2D eigenvalue weighted by molar-refractivity contribution is 6.32. The topological polar surface area (TPSA) is 45.4 Å². The van der Waals surface area contributed by atoms with Crippen molar-refractivity contribution in [2.24, 2.45) is 0 Å². The van der Waals surface area contributed by atoms with Crippen LogP contribution in [0.4, 0.5) is 11.5 Å². The van der Waals surface area contributed by atoms with E-state index in [2.05, 4.69) is 19.9 Å². The van der Waals surface area contributed by atoms with E-state index in [1.54, 1.807) is 6.20 Å². The molecule has 0 saturated carbocycles. The Morgan fingerprint density at radius 3 is 2.55 bits per heavy atom. The van der Waals surface area contributed by atoms with Crippen LogP contribution in [-0.2, 0) is 0 Å². The highest BCUT2D eigenvalue weighted by atomic mass is 35.5. The van der Waals surface area contributed by atoms with Gasteiger partial charge in [-0.25, -0.2) is 4.98 Å². The first-order chi connectivity index (χ1) is 10.8. The molecule has 112 valence electrons. The number of halogens is 1. The van der Waals surface area contributed by atoms with Crippen molar-refractivity contribution in [2.75, 3.05) is 36.0 Å². The van der Waals surface area contributed by atoms with Gasteiger partial charge in [0.05, 0.1) is 11.1 Å². The van der Waals surface area contributed by atoms with E-state index in [9.17, 15) is 0 Å². The zero-order chi connectivity index (χ0) is 14.9. The summed E-state index contributed by atoms with van der Waals surface area (Å²) in [5.74, 6) is 0.924. The van der Waals surface area contributed by atoms with Crippen molar-refractivity contribution in [1.82, 2.24) is 10.1 Å². The number of pyridine rings is 1. The first-order valence-electron chi connectivity index (χ1n) is 7.28. The highest BCUT2D eigenvalue weighted by Crippen LogP contribution is 2.28. The summed E-state index contributed by atoms with van der Waals surface area (Å²) in [5.41, 5.74) is 1.82. The van der Waals surface area contributed by atoms with Gasteiger partial charge < -0.3 is 14.3 Å². The minimum absolute atomic E-state index is 0.558. The van der Waals surface area contributed by atoms with E-state index < -0.39 is 0 Å². The van der Waals surface area contributed by atoms with E-state index in [1.807, 2.05) is 36.4 Å². The quantitative estimate of drug-likeness (QED) is 0.680. The number of para-hydroxylation sites is 1. The van der Waals surface area contributed by atoms with Crippen LogP contribution in [0.15, 0.2) is 47.1 Å². The summed E-state index contributed by atoms with van der Waals surface area (Å²) in [5, 5.41) is 5.85. The summed E-state index contributed by atoms with van der Waals surface area (Å²) in [6, 6.07) is 11.9. The van der Waals surface area contributed by atoms with Gasteiger partial charge in [-0.15, -0.1) is 0 Å². The molecular formula is C16H15ClN4O. The fourth-order valence-corrected chi connectivity index (χ4v) is 3.11. The largest absolute Gasteiger partial charge is 0.365 e. The SMILES string of the molecule is Clc1ncccc1N1CCN(c2noc3ccccc23)CC1. The molecular weight excluding hydrogens is 300 g/mol. The maximum absolute atomic E-state index is 6.18. The molecule has 3 aromatic rings. The Morgan fingerprint density at radius 2 is 1.73 bits per heavy atom. The monoisotopic (exact) mass is 314 g/mol. The van der Waals surface area contributed by atoms with Gasteiger partial charge in [0.25, 0.3) is 0 Å². The first kappa shape index (κ1) is 13.4. The van der Waals surface area contributed by atoms with E-state index in [1.165, 1.54) is 0 Å². The van der Waals surface area contributed by atoms with Gasteiger partial charge in [0.2, 0.25) is 0 Å². The van der Waals surface area contributed by atoms with Crippen LogP contribution >= 0.6 is 11.6 Å². The Hall–Kier alpha value is -2.27. The van der Waals surface area contributed by atoms with Gasteiger partial charge in [0.1, 0.15) is 0 Å². The van der Waals surface area contributed by atoms with Gasteiger partial charge in [-0.1, -0.05) is 28.9 Å². The number of fused-ring (bicyclic) bond motifs is 1. The van der Waals surface area contributed by atoms with E-state index in [0.717, 1.165) is 48.7 Å². The van der Waals surface area contributed by atoms with Crippen molar-refractivity contribution in [3.05, 3.63) is 47.7 Å². The second kappa shape index (κ2) is 5.50. The summed E-state index contributed by atoms with van der Waals surface area (Å²) in [4.78, 5) is 8.66. The number of aromatic nitrogens is 2.